The molecule has 0 radical (unpaired) electrons. The Morgan fingerprint density at radius 3 is 2.29 bits per heavy atom. The first-order chi connectivity index (χ1) is 9.83. The van der Waals surface area contributed by atoms with Crippen LogP contribution in [0.1, 0.15) is 43.9 Å². The molecule has 2 nitrogen and oxygen atoms in total. The van der Waals surface area contributed by atoms with Gasteiger partial charge in [-0.1, -0.05) is 32.8 Å². The summed E-state index contributed by atoms with van der Waals surface area (Å²) in [6, 6.07) is 2.63. The summed E-state index contributed by atoms with van der Waals surface area (Å²) >= 11 is 0. The molecule has 0 aliphatic heterocycles. The van der Waals surface area contributed by atoms with Gasteiger partial charge >= 0.3 is 6.18 Å². The minimum Gasteiger partial charge on any atom is -0.329 e. The van der Waals surface area contributed by atoms with Crippen LogP contribution in [0.5, 0.6) is 0 Å². The van der Waals surface area contributed by atoms with Gasteiger partial charge in [0.2, 0.25) is 0 Å². The molecular weight excluding hydrogens is 284 g/mol. The molecule has 0 aromatic heterocycles. The van der Waals surface area contributed by atoms with Crippen LogP contribution in [0.4, 0.5) is 17.6 Å². The minimum absolute atomic E-state index is 0.156. The van der Waals surface area contributed by atoms with Gasteiger partial charge in [-0.2, -0.15) is 13.2 Å². The van der Waals surface area contributed by atoms with E-state index in [2.05, 4.69) is 19.2 Å². The predicted molar refractivity (Wildman–Crippen MR) is 75.3 cm³/mol. The molecule has 0 amide bonds. The molecule has 120 valence electrons. The van der Waals surface area contributed by atoms with E-state index >= 15 is 0 Å². The molecule has 1 atom stereocenters. The van der Waals surface area contributed by atoms with Crippen LogP contribution in [0, 0.1) is 11.7 Å². The Morgan fingerprint density at radius 1 is 1.19 bits per heavy atom. The molecule has 1 aromatic rings. The number of halogens is 4. The van der Waals surface area contributed by atoms with Gasteiger partial charge in [0.05, 0.1) is 5.56 Å². The molecule has 0 heterocycles. The molecule has 0 aliphatic rings. The van der Waals surface area contributed by atoms with Gasteiger partial charge in [-0.05, 0) is 30.2 Å². The van der Waals surface area contributed by atoms with E-state index < -0.39 is 23.6 Å². The fourth-order valence-corrected chi connectivity index (χ4v) is 2.20. The fraction of sp³-hybridized carbons (Fsp3) is 0.600. The van der Waals surface area contributed by atoms with E-state index in [0.29, 0.717) is 18.0 Å². The van der Waals surface area contributed by atoms with Crippen molar-refractivity contribution in [1.82, 2.24) is 5.32 Å². The second-order valence-corrected chi connectivity index (χ2v) is 5.12. The summed E-state index contributed by atoms with van der Waals surface area (Å²) in [5.41, 5.74) is 4.74. The fourth-order valence-electron chi connectivity index (χ4n) is 2.20. The maximum atomic E-state index is 13.3. The number of hydrogen-bond donors (Lipinski definition) is 2. The summed E-state index contributed by atoms with van der Waals surface area (Å²) in [5, 5.41) is 3.17. The van der Waals surface area contributed by atoms with Crippen LogP contribution < -0.4 is 11.1 Å². The Labute approximate surface area is 122 Å². The molecule has 1 aromatic carbocycles. The van der Waals surface area contributed by atoms with Gasteiger partial charge in [0, 0.05) is 12.6 Å². The zero-order chi connectivity index (χ0) is 16.0. The van der Waals surface area contributed by atoms with E-state index in [9.17, 15) is 17.6 Å². The molecule has 6 heteroatoms. The lowest BCUT2D eigenvalue weighted by Crippen LogP contribution is -2.32. The monoisotopic (exact) mass is 306 g/mol. The number of nitrogens with one attached hydrogen (secondary N) is 1. The molecule has 0 saturated carbocycles. The van der Waals surface area contributed by atoms with Gasteiger partial charge in [-0.3, -0.25) is 0 Å². The van der Waals surface area contributed by atoms with Crippen LogP contribution in [0.15, 0.2) is 18.2 Å². The third kappa shape index (κ3) is 4.97. The molecule has 3 N–H and O–H groups in total. The van der Waals surface area contributed by atoms with Gasteiger partial charge in [0.15, 0.2) is 0 Å². The SMILES string of the molecule is CCC(CC)CNC(CN)c1ccc(F)c(C(F)(F)F)c1. The summed E-state index contributed by atoms with van der Waals surface area (Å²) in [5.74, 6) is -0.816. The molecule has 21 heavy (non-hydrogen) atoms. The average molecular weight is 306 g/mol. The topological polar surface area (TPSA) is 38.0 Å². The van der Waals surface area contributed by atoms with Gasteiger partial charge in [-0.15, -0.1) is 0 Å². The molecule has 1 rings (SSSR count). The Balaban J connectivity index is 2.91. The minimum atomic E-state index is -4.70. The van der Waals surface area contributed by atoms with Crippen LogP contribution in [0.2, 0.25) is 0 Å². The number of alkyl halides is 3. The number of rotatable bonds is 7. The Morgan fingerprint density at radius 2 is 1.81 bits per heavy atom. The van der Waals surface area contributed by atoms with Crippen LogP contribution in [-0.4, -0.2) is 13.1 Å². The summed E-state index contributed by atoms with van der Waals surface area (Å²) < 4.78 is 51.5. The van der Waals surface area contributed by atoms with Crippen molar-refractivity contribution in [2.24, 2.45) is 11.7 Å². The summed E-state index contributed by atoms with van der Waals surface area (Å²) in [6.45, 7) is 4.95. The average Bonchev–Trinajstić information content (AvgIpc) is 2.43. The highest BCUT2D eigenvalue weighted by Crippen LogP contribution is 2.33. The van der Waals surface area contributed by atoms with Crippen molar-refractivity contribution in [2.75, 3.05) is 13.1 Å². The van der Waals surface area contributed by atoms with Crippen molar-refractivity contribution in [3.63, 3.8) is 0 Å². The smallest absolute Gasteiger partial charge is 0.329 e. The molecule has 0 saturated heterocycles. The largest absolute Gasteiger partial charge is 0.419 e. The summed E-state index contributed by atoms with van der Waals surface area (Å²) in [7, 11) is 0. The normalized spacial score (nSPS) is 13.7. The Hall–Kier alpha value is -1.14. The second kappa shape index (κ2) is 7.75. The zero-order valence-corrected chi connectivity index (χ0v) is 12.3. The van der Waals surface area contributed by atoms with E-state index in [0.717, 1.165) is 25.0 Å². The van der Waals surface area contributed by atoms with E-state index in [4.69, 9.17) is 5.73 Å². The van der Waals surface area contributed by atoms with Crippen molar-refractivity contribution >= 4 is 0 Å². The van der Waals surface area contributed by atoms with E-state index in [1.165, 1.54) is 6.07 Å². The van der Waals surface area contributed by atoms with Gasteiger partial charge in [0.25, 0.3) is 0 Å². The van der Waals surface area contributed by atoms with E-state index in [-0.39, 0.29) is 6.54 Å². The standard InChI is InChI=1S/C15H22F4N2/c1-3-10(4-2)9-21-14(8-20)11-5-6-13(16)12(7-11)15(17,18)19/h5-7,10,14,21H,3-4,8-9,20H2,1-2H3. The Bertz CT molecular complexity index is 442. The lowest BCUT2D eigenvalue weighted by atomic mass is 10.00. The first-order valence-corrected chi connectivity index (χ1v) is 7.13. The third-order valence-electron chi connectivity index (χ3n) is 3.74. The van der Waals surface area contributed by atoms with Gasteiger partial charge in [0.1, 0.15) is 5.82 Å². The maximum Gasteiger partial charge on any atom is 0.419 e. The number of hydrogen-bond acceptors (Lipinski definition) is 2. The predicted octanol–water partition coefficient (Wildman–Crippen LogP) is 3.87. The highest BCUT2D eigenvalue weighted by atomic mass is 19.4. The summed E-state index contributed by atoms with van der Waals surface area (Å²) in [4.78, 5) is 0. The molecule has 0 spiro atoms. The van der Waals surface area contributed by atoms with Crippen LogP contribution >= 0.6 is 0 Å². The first kappa shape index (κ1) is 17.9. The van der Waals surface area contributed by atoms with Crippen LogP contribution in [0.3, 0.4) is 0 Å². The van der Waals surface area contributed by atoms with Crippen molar-refractivity contribution < 1.29 is 17.6 Å². The van der Waals surface area contributed by atoms with Gasteiger partial charge < -0.3 is 11.1 Å². The molecular formula is C15H22F4N2. The first-order valence-electron chi connectivity index (χ1n) is 7.13. The van der Waals surface area contributed by atoms with E-state index in [1.54, 1.807) is 0 Å². The van der Waals surface area contributed by atoms with Crippen molar-refractivity contribution in [3.05, 3.63) is 35.1 Å². The van der Waals surface area contributed by atoms with Crippen LogP contribution in [-0.2, 0) is 6.18 Å². The highest BCUT2D eigenvalue weighted by molar-refractivity contribution is 5.29. The maximum absolute atomic E-state index is 13.3. The van der Waals surface area contributed by atoms with Crippen molar-refractivity contribution in [3.8, 4) is 0 Å². The van der Waals surface area contributed by atoms with Crippen molar-refractivity contribution in [2.45, 2.75) is 38.9 Å². The second-order valence-electron chi connectivity index (χ2n) is 5.12. The Kier molecular flexibility index (Phi) is 6.61. The lowest BCUT2D eigenvalue weighted by Gasteiger charge is -2.22. The molecule has 1 unspecified atom stereocenters. The molecule has 0 fully saturated rings. The van der Waals surface area contributed by atoms with Crippen LogP contribution in [0.25, 0.3) is 0 Å². The highest BCUT2D eigenvalue weighted by Gasteiger charge is 2.34. The van der Waals surface area contributed by atoms with E-state index in [1.807, 2.05) is 0 Å². The third-order valence-corrected chi connectivity index (χ3v) is 3.74. The van der Waals surface area contributed by atoms with Crippen molar-refractivity contribution in [1.29, 1.82) is 0 Å². The number of nitrogens with two attached hydrogens (primary N) is 1. The summed E-state index contributed by atoms with van der Waals surface area (Å²) in [6.07, 6.45) is -2.73. The zero-order valence-electron chi connectivity index (χ0n) is 12.3. The molecule has 0 aliphatic carbocycles. The van der Waals surface area contributed by atoms with Gasteiger partial charge in [-0.25, -0.2) is 4.39 Å². The molecule has 0 bridgehead atoms. The number of benzene rings is 1. The lowest BCUT2D eigenvalue weighted by molar-refractivity contribution is -0.140. The quantitative estimate of drug-likeness (QED) is 0.751.